The van der Waals surface area contributed by atoms with E-state index in [1.807, 2.05) is 12.1 Å². The number of ether oxygens (including phenoxy) is 2. The zero-order valence-electron chi connectivity index (χ0n) is 15.9. The summed E-state index contributed by atoms with van der Waals surface area (Å²) in [5, 5.41) is 6.76. The predicted octanol–water partition coefficient (Wildman–Crippen LogP) is 3.36. The van der Waals surface area contributed by atoms with E-state index in [-0.39, 0.29) is 30.1 Å². The van der Waals surface area contributed by atoms with Crippen molar-refractivity contribution in [2.75, 3.05) is 39.5 Å². The zero-order valence-corrected chi connectivity index (χ0v) is 18.2. The number of furan rings is 1. The first-order chi connectivity index (χ1) is 12.4. The van der Waals surface area contributed by atoms with Crippen LogP contribution in [-0.2, 0) is 15.9 Å². The molecule has 1 aromatic rings. The lowest BCUT2D eigenvalue weighted by Gasteiger charge is -2.14. The second-order valence-electron chi connectivity index (χ2n) is 6.33. The van der Waals surface area contributed by atoms with Crippen LogP contribution in [0.4, 0.5) is 0 Å². The maximum Gasteiger partial charge on any atom is 0.191 e. The van der Waals surface area contributed by atoms with Crippen LogP contribution in [0.25, 0.3) is 0 Å². The summed E-state index contributed by atoms with van der Waals surface area (Å²) in [7, 11) is 0. The minimum Gasteiger partial charge on any atom is -0.469 e. The molecular weight excluding hydrogens is 445 g/mol. The Morgan fingerprint density at radius 1 is 1.27 bits per heavy atom. The van der Waals surface area contributed by atoms with Crippen molar-refractivity contribution in [3.05, 3.63) is 24.2 Å². The van der Waals surface area contributed by atoms with Gasteiger partial charge < -0.3 is 24.5 Å². The molecule has 0 radical (unpaired) electrons. The molecule has 2 rings (SSSR count). The molecule has 1 saturated heterocycles. The Balaban J connectivity index is 0.00000338. The van der Waals surface area contributed by atoms with Gasteiger partial charge in [-0.3, -0.25) is 4.99 Å². The summed E-state index contributed by atoms with van der Waals surface area (Å²) >= 11 is 0. The van der Waals surface area contributed by atoms with Gasteiger partial charge in [0.1, 0.15) is 5.76 Å². The monoisotopic (exact) mass is 479 g/mol. The van der Waals surface area contributed by atoms with Crippen molar-refractivity contribution in [1.29, 1.82) is 0 Å². The summed E-state index contributed by atoms with van der Waals surface area (Å²) < 4.78 is 16.6. The molecular formula is C19H34IN3O3. The van der Waals surface area contributed by atoms with E-state index in [9.17, 15) is 0 Å². The predicted molar refractivity (Wildman–Crippen MR) is 115 cm³/mol. The fourth-order valence-electron chi connectivity index (χ4n) is 2.64. The standard InChI is InChI=1S/C19H33N3O3.HI/c1-2-3-12-23-13-6-10-20-19(22-16-18-8-5-15-25-18)21-11-9-17-7-4-14-24-17;/h4,7,14,18H,2-3,5-6,8-13,15-16H2,1H3,(H2,20,21,22);1H. The highest BCUT2D eigenvalue weighted by molar-refractivity contribution is 14.0. The quantitative estimate of drug-likeness (QED) is 0.208. The van der Waals surface area contributed by atoms with Gasteiger partial charge in [-0.05, 0) is 37.8 Å². The van der Waals surface area contributed by atoms with Gasteiger partial charge in [-0.1, -0.05) is 13.3 Å². The Morgan fingerprint density at radius 3 is 2.85 bits per heavy atom. The second kappa shape index (κ2) is 15.3. The first kappa shape index (κ1) is 23.2. The summed E-state index contributed by atoms with van der Waals surface area (Å²) in [4.78, 5) is 4.67. The minimum atomic E-state index is 0. The van der Waals surface area contributed by atoms with Crippen LogP contribution in [-0.4, -0.2) is 51.5 Å². The molecule has 2 heterocycles. The number of aliphatic imine (C=N–C) groups is 1. The van der Waals surface area contributed by atoms with Gasteiger partial charge in [0.2, 0.25) is 0 Å². The summed E-state index contributed by atoms with van der Waals surface area (Å²) in [6.07, 6.45) is 8.35. The molecule has 0 amide bonds. The van der Waals surface area contributed by atoms with E-state index in [0.717, 1.165) is 76.7 Å². The van der Waals surface area contributed by atoms with Crippen LogP contribution < -0.4 is 10.6 Å². The molecule has 2 N–H and O–H groups in total. The van der Waals surface area contributed by atoms with Gasteiger partial charge in [-0.15, -0.1) is 24.0 Å². The Bertz CT molecular complexity index is 463. The van der Waals surface area contributed by atoms with Crippen molar-refractivity contribution in [2.45, 2.75) is 51.6 Å². The molecule has 6 nitrogen and oxygen atoms in total. The number of unbranched alkanes of at least 4 members (excludes halogenated alkanes) is 1. The van der Waals surface area contributed by atoms with E-state index in [1.165, 1.54) is 6.42 Å². The van der Waals surface area contributed by atoms with Crippen LogP contribution in [0.15, 0.2) is 27.8 Å². The van der Waals surface area contributed by atoms with Gasteiger partial charge in [0.15, 0.2) is 5.96 Å². The van der Waals surface area contributed by atoms with E-state index in [2.05, 4.69) is 22.5 Å². The lowest BCUT2D eigenvalue weighted by Crippen LogP contribution is -2.39. The van der Waals surface area contributed by atoms with Crippen molar-refractivity contribution in [3.8, 4) is 0 Å². The molecule has 0 bridgehead atoms. The summed E-state index contributed by atoms with van der Waals surface area (Å²) in [6.45, 7) is 7.04. The first-order valence-electron chi connectivity index (χ1n) is 9.62. The maximum atomic E-state index is 5.65. The molecule has 1 aromatic heterocycles. The SMILES string of the molecule is CCCCOCCCNC(=NCC1CCCO1)NCCc1ccco1.I. The highest BCUT2D eigenvalue weighted by Crippen LogP contribution is 2.11. The van der Waals surface area contributed by atoms with Crippen LogP contribution in [0.3, 0.4) is 0 Å². The third kappa shape index (κ3) is 10.4. The largest absolute Gasteiger partial charge is 0.469 e. The molecule has 26 heavy (non-hydrogen) atoms. The van der Waals surface area contributed by atoms with Gasteiger partial charge in [0.25, 0.3) is 0 Å². The summed E-state index contributed by atoms with van der Waals surface area (Å²) in [5.74, 6) is 1.82. The van der Waals surface area contributed by atoms with E-state index in [1.54, 1.807) is 6.26 Å². The van der Waals surface area contributed by atoms with Crippen molar-refractivity contribution in [2.24, 2.45) is 4.99 Å². The average molecular weight is 479 g/mol. The number of nitrogens with one attached hydrogen (secondary N) is 2. The van der Waals surface area contributed by atoms with Crippen molar-refractivity contribution < 1.29 is 13.9 Å². The Kier molecular flexibility index (Phi) is 13.7. The Morgan fingerprint density at radius 2 is 2.12 bits per heavy atom. The Hall–Kier alpha value is -0.800. The first-order valence-corrected chi connectivity index (χ1v) is 9.62. The van der Waals surface area contributed by atoms with Gasteiger partial charge in [-0.2, -0.15) is 0 Å². The fraction of sp³-hybridized carbons (Fsp3) is 0.737. The molecule has 1 aliphatic heterocycles. The molecule has 0 aliphatic carbocycles. The number of hydrogen-bond donors (Lipinski definition) is 2. The Labute approximate surface area is 174 Å². The third-order valence-electron chi connectivity index (χ3n) is 4.12. The van der Waals surface area contributed by atoms with Crippen molar-refractivity contribution >= 4 is 29.9 Å². The lowest BCUT2D eigenvalue weighted by atomic mass is 10.2. The molecule has 0 aromatic carbocycles. The second-order valence-corrected chi connectivity index (χ2v) is 6.33. The normalized spacial score (nSPS) is 17.1. The molecule has 1 aliphatic rings. The zero-order chi connectivity index (χ0) is 17.6. The molecule has 1 unspecified atom stereocenters. The number of halogens is 1. The van der Waals surface area contributed by atoms with Gasteiger partial charge in [0, 0.05) is 39.3 Å². The molecule has 150 valence electrons. The van der Waals surface area contributed by atoms with Crippen molar-refractivity contribution in [3.63, 3.8) is 0 Å². The number of hydrogen-bond acceptors (Lipinski definition) is 4. The van der Waals surface area contributed by atoms with Crippen molar-refractivity contribution in [1.82, 2.24) is 10.6 Å². The molecule has 7 heteroatoms. The van der Waals surface area contributed by atoms with E-state index in [4.69, 9.17) is 13.9 Å². The molecule has 1 atom stereocenters. The smallest absolute Gasteiger partial charge is 0.191 e. The maximum absolute atomic E-state index is 5.65. The topological polar surface area (TPSA) is 68.0 Å². The lowest BCUT2D eigenvalue weighted by molar-refractivity contribution is 0.117. The van der Waals surface area contributed by atoms with Gasteiger partial charge in [0.05, 0.1) is 18.9 Å². The van der Waals surface area contributed by atoms with Crippen LogP contribution in [0.1, 0.15) is 44.8 Å². The highest BCUT2D eigenvalue weighted by atomic mass is 127. The molecule has 0 saturated carbocycles. The summed E-state index contributed by atoms with van der Waals surface area (Å²) in [6, 6.07) is 3.91. The van der Waals surface area contributed by atoms with Crippen LogP contribution in [0.2, 0.25) is 0 Å². The third-order valence-corrected chi connectivity index (χ3v) is 4.12. The number of rotatable bonds is 12. The molecule has 1 fully saturated rings. The van der Waals surface area contributed by atoms with Crippen LogP contribution >= 0.6 is 24.0 Å². The van der Waals surface area contributed by atoms with Gasteiger partial charge in [-0.25, -0.2) is 0 Å². The highest BCUT2D eigenvalue weighted by Gasteiger charge is 2.14. The van der Waals surface area contributed by atoms with E-state index in [0.29, 0.717) is 6.54 Å². The fourth-order valence-corrected chi connectivity index (χ4v) is 2.64. The minimum absolute atomic E-state index is 0. The van der Waals surface area contributed by atoms with Crippen LogP contribution in [0.5, 0.6) is 0 Å². The van der Waals surface area contributed by atoms with Gasteiger partial charge >= 0.3 is 0 Å². The van der Waals surface area contributed by atoms with E-state index < -0.39 is 0 Å². The average Bonchev–Trinajstić information content (AvgIpc) is 3.32. The van der Waals surface area contributed by atoms with Crippen LogP contribution in [0, 0.1) is 0 Å². The number of guanidine groups is 1. The number of nitrogens with zero attached hydrogens (tertiary/aromatic N) is 1. The molecule has 0 spiro atoms. The summed E-state index contributed by atoms with van der Waals surface area (Å²) in [5.41, 5.74) is 0. The van der Waals surface area contributed by atoms with E-state index >= 15 is 0 Å².